The number of nitrogens with zero attached hydrogens (tertiary/aromatic N) is 1. The van der Waals surface area contributed by atoms with Crippen LogP contribution in [0.1, 0.15) is 10.4 Å². The summed E-state index contributed by atoms with van der Waals surface area (Å²) in [6.45, 7) is 2.03. The summed E-state index contributed by atoms with van der Waals surface area (Å²) in [5.41, 5.74) is 1.95. The first-order valence-corrected chi connectivity index (χ1v) is 8.33. The second-order valence-corrected chi connectivity index (χ2v) is 6.63. The number of aliphatic imine (C=N–C) groups is 1. The van der Waals surface area contributed by atoms with Gasteiger partial charge >= 0.3 is 0 Å². The molecule has 2 aromatic rings. The van der Waals surface area contributed by atoms with E-state index in [1.807, 2.05) is 48.7 Å². The van der Waals surface area contributed by atoms with Gasteiger partial charge in [0.25, 0.3) is 5.91 Å². The lowest BCUT2D eigenvalue weighted by molar-refractivity contribution is -0.115. The molecule has 1 aromatic carbocycles. The molecular formula is C16H14N2O2S2. The van der Waals surface area contributed by atoms with Crippen LogP contribution in [0.3, 0.4) is 0 Å². The lowest BCUT2D eigenvalue weighted by Gasteiger charge is -1.99. The van der Waals surface area contributed by atoms with Gasteiger partial charge in [0.15, 0.2) is 5.17 Å². The second-order valence-electron chi connectivity index (χ2n) is 4.65. The summed E-state index contributed by atoms with van der Waals surface area (Å²) >= 11 is 2.98. The number of carbonyl (C=O) groups excluding carboxylic acids is 1. The van der Waals surface area contributed by atoms with Gasteiger partial charge in [0.2, 0.25) is 0 Å². The topological polar surface area (TPSA) is 50.7 Å². The quantitative estimate of drug-likeness (QED) is 0.867. The predicted octanol–water partition coefficient (Wildman–Crippen LogP) is 3.96. The molecule has 1 saturated heterocycles. The Kier molecular flexibility index (Phi) is 4.31. The Morgan fingerprint density at radius 3 is 2.64 bits per heavy atom. The van der Waals surface area contributed by atoms with Gasteiger partial charge in [0.05, 0.1) is 17.7 Å². The summed E-state index contributed by atoms with van der Waals surface area (Å²) in [7, 11) is 1.62. The van der Waals surface area contributed by atoms with Crippen molar-refractivity contribution in [3.63, 3.8) is 0 Å². The summed E-state index contributed by atoms with van der Waals surface area (Å²) in [6, 6.07) is 9.42. The highest BCUT2D eigenvalue weighted by Gasteiger charge is 2.24. The van der Waals surface area contributed by atoms with Crippen LogP contribution in [0.15, 0.2) is 45.6 Å². The van der Waals surface area contributed by atoms with Gasteiger partial charge in [-0.05, 0) is 66.0 Å². The summed E-state index contributed by atoms with van der Waals surface area (Å²) in [4.78, 5) is 18.2. The maximum Gasteiger partial charge on any atom is 0.264 e. The van der Waals surface area contributed by atoms with Crippen LogP contribution in [-0.4, -0.2) is 18.2 Å². The van der Waals surface area contributed by atoms with Crippen LogP contribution in [0.4, 0.5) is 5.69 Å². The van der Waals surface area contributed by atoms with Crippen molar-refractivity contribution in [1.82, 2.24) is 5.32 Å². The van der Waals surface area contributed by atoms with Crippen molar-refractivity contribution in [3.05, 3.63) is 51.1 Å². The first-order valence-electron chi connectivity index (χ1n) is 6.63. The Bertz CT molecular complexity index is 761. The number of nitrogens with one attached hydrogen (secondary N) is 1. The molecule has 1 aromatic heterocycles. The van der Waals surface area contributed by atoms with Gasteiger partial charge in [-0.15, -0.1) is 11.3 Å². The van der Waals surface area contributed by atoms with Gasteiger partial charge in [-0.3, -0.25) is 4.79 Å². The number of benzene rings is 1. The number of ether oxygens (including phenoxy) is 1. The molecule has 0 radical (unpaired) electrons. The average Bonchev–Trinajstić information content (AvgIpc) is 3.07. The molecule has 112 valence electrons. The van der Waals surface area contributed by atoms with E-state index in [9.17, 15) is 4.79 Å². The van der Waals surface area contributed by atoms with Gasteiger partial charge in [-0.2, -0.15) is 0 Å². The number of amides is 1. The molecule has 6 heteroatoms. The smallest absolute Gasteiger partial charge is 0.264 e. The molecule has 1 amide bonds. The van der Waals surface area contributed by atoms with Crippen LogP contribution in [-0.2, 0) is 4.79 Å². The second kappa shape index (κ2) is 6.37. The van der Waals surface area contributed by atoms with Crippen molar-refractivity contribution < 1.29 is 9.53 Å². The molecule has 1 N–H and O–H groups in total. The van der Waals surface area contributed by atoms with Gasteiger partial charge in [-0.25, -0.2) is 4.99 Å². The highest BCUT2D eigenvalue weighted by atomic mass is 32.2. The van der Waals surface area contributed by atoms with Crippen LogP contribution >= 0.6 is 23.1 Å². The first kappa shape index (κ1) is 14.9. The molecule has 0 saturated carbocycles. The maximum atomic E-state index is 12.0. The fourth-order valence-corrected chi connectivity index (χ4v) is 3.66. The van der Waals surface area contributed by atoms with Crippen molar-refractivity contribution in [1.29, 1.82) is 0 Å². The number of hydrogen-bond donors (Lipinski definition) is 1. The molecule has 4 nitrogen and oxygen atoms in total. The van der Waals surface area contributed by atoms with E-state index in [0.717, 1.165) is 16.3 Å². The molecule has 0 atom stereocenters. The number of amidine groups is 1. The molecule has 0 aliphatic carbocycles. The Labute approximate surface area is 136 Å². The molecule has 0 bridgehead atoms. The minimum atomic E-state index is -0.106. The largest absolute Gasteiger partial charge is 0.497 e. The SMILES string of the molecule is COc1ccc(N=C2NC(=O)/C(=C/c3sccc3C)S2)cc1. The molecule has 0 unspecified atom stereocenters. The molecule has 3 rings (SSSR count). The van der Waals surface area contributed by atoms with E-state index in [1.54, 1.807) is 18.4 Å². The number of aryl methyl sites for hydroxylation is 1. The van der Waals surface area contributed by atoms with Crippen molar-refractivity contribution in [2.45, 2.75) is 6.92 Å². The monoisotopic (exact) mass is 330 g/mol. The third-order valence-corrected chi connectivity index (χ3v) is 4.99. The van der Waals surface area contributed by atoms with E-state index >= 15 is 0 Å². The standard InChI is InChI=1S/C16H14N2O2S2/c1-10-7-8-21-13(10)9-14-15(19)18-16(22-14)17-11-3-5-12(20-2)6-4-11/h3-9H,1-2H3,(H,17,18,19)/b14-9-. The number of rotatable bonds is 3. The Morgan fingerprint density at radius 1 is 1.23 bits per heavy atom. The summed E-state index contributed by atoms with van der Waals surface area (Å²) in [5, 5.41) is 5.40. The fraction of sp³-hybridized carbons (Fsp3) is 0.125. The molecule has 1 aliphatic rings. The van der Waals surface area contributed by atoms with E-state index in [4.69, 9.17) is 4.74 Å². The summed E-state index contributed by atoms with van der Waals surface area (Å²) in [6.07, 6.45) is 1.91. The van der Waals surface area contributed by atoms with E-state index < -0.39 is 0 Å². The van der Waals surface area contributed by atoms with E-state index in [1.165, 1.54) is 17.3 Å². The fourth-order valence-electron chi connectivity index (χ4n) is 1.91. The maximum absolute atomic E-state index is 12.0. The van der Waals surface area contributed by atoms with Crippen LogP contribution < -0.4 is 10.1 Å². The minimum absolute atomic E-state index is 0.106. The van der Waals surface area contributed by atoms with Gasteiger partial charge < -0.3 is 10.1 Å². The van der Waals surface area contributed by atoms with Crippen molar-refractivity contribution >= 4 is 45.9 Å². The normalized spacial score (nSPS) is 18.0. The Balaban J connectivity index is 1.80. The van der Waals surface area contributed by atoms with Crippen LogP contribution in [0, 0.1) is 6.92 Å². The predicted molar refractivity (Wildman–Crippen MR) is 92.9 cm³/mol. The van der Waals surface area contributed by atoms with E-state index in [0.29, 0.717) is 10.1 Å². The third-order valence-electron chi connectivity index (χ3n) is 3.12. The Morgan fingerprint density at radius 2 is 2.00 bits per heavy atom. The number of thiophene rings is 1. The van der Waals surface area contributed by atoms with Crippen molar-refractivity contribution in [3.8, 4) is 5.75 Å². The Hall–Kier alpha value is -2.05. The van der Waals surface area contributed by atoms with E-state index in [-0.39, 0.29) is 5.91 Å². The highest BCUT2D eigenvalue weighted by molar-refractivity contribution is 8.18. The third kappa shape index (κ3) is 3.23. The molecule has 2 heterocycles. The molecule has 0 spiro atoms. The number of methoxy groups -OCH3 is 1. The van der Waals surface area contributed by atoms with Crippen molar-refractivity contribution in [2.75, 3.05) is 7.11 Å². The lowest BCUT2D eigenvalue weighted by Crippen LogP contribution is -2.19. The van der Waals surface area contributed by atoms with Gasteiger partial charge in [0.1, 0.15) is 5.75 Å². The molecule has 22 heavy (non-hydrogen) atoms. The van der Waals surface area contributed by atoms with Gasteiger partial charge in [0, 0.05) is 4.88 Å². The van der Waals surface area contributed by atoms with Crippen molar-refractivity contribution in [2.24, 2.45) is 4.99 Å². The number of carbonyl (C=O) groups is 1. The average molecular weight is 330 g/mol. The summed E-state index contributed by atoms with van der Waals surface area (Å²) < 4.78 is 5.11. The zero-order valence-electron chi connectivity index (χ0n) is 12.1. The molecule has 1 aliphatic heterocycles. The highest BCUT2D eigenvalue weighted by Crippen LogP contribution is 2.30. The van der Waals surface area contributed by atoms with Crippen LogP contribution in [0.5, 0.6) is 5.75 Å². The van der Waals surface area contributed by atoms with Crippen LogP contribution in [0.2, 0.25) is 0 Å². The molecular weight excluding hydrogens is 316 g/mol. The minimum Gasteiger partial charge on any atom is -0.497 e. The van der Waals surface area contributed by atoms with E-state index in [2.05, 4.69) is 10.3 Å². The molecule has 1 fully saturated rings. The van der Waals surface area contributed by atoms with Gasteiger partial charge in [-0.1, -0.05) is 0 Å². The lowest BCUT2D eigenvalue weighted by atomic mass is 10.3. The first-order chi connectivity index (χ1) is 10.7. The number of hydrogen-bond acceptors (Lipinski definition) is 5. The zero-order valence-corrected chi connectivity index (χ0v) is 13.8. The number of thioether (sulfide) groups is 1. The summed E-state index contributed by atoms with van der Waals surface area (Å²) in [5.74, 6) is 0.672. The van der Waals surface area contributed by atoms with Crippen LogP contribution in [0.25, 0.3) is 6.08 Å². The zero-order chi connectivity index (χ0) is 15.5.